The van der Waals surface area contributed by atoms with Crippen molar-refractivity contribution in [1.82, 2.24) is 9.97 Å². The Kier molecular flexibility index (Phi) is 5.66. The Labute approximate surface area is 102 Å². The molecule has 0 aliphatic carbocycles. The van der Waals surface area contributed by atoms with Gasteiger partial charge in [-0.3, -0.25) is 0 Å². The molecule has 5 heteroatoms. The highest BCUT2D eigenvalue weighted by molar-refractivity contribution is 5.43. The van der Waals surface area contributed by atoms with Crippen LogP contribution in [0.5, 0.6) is 0 Å². The molecule has 0 spiro atoms. The van der Waals surface area contributed by atoms with Gasteiger partial charge in [-0.25, -0.2) is 9.37 Å². The summed E-state index contributed by atoms with van der Waals surface area (Å²) in [5.41, 5.74) is 0. The molecule has 0 saturated heterocycles. The molecule has 17 heavy (non-hydrogen) atoms. The zero-order valence-corrected chi connectivity index (χ0v) is 10.8. The van der Waals surface area contributed by atoms with Crippen LogP contribution in [0.4, 0.5) is 16.2 Å². The fourth-order valence-electron chi connectivity index (χ4n) is 1.69. The zero-order chi connectivity index (χ0) is 12.7. The molecule has 0 aromatic carbocycles. The van der Waals surface area contributed by atoms with Gasteiger partial charge in [0.25, 0.3) is 0 Å². The van der Waals surface area contributed by atoms with E-state index in [9.17, 15) is 4.39 Å². The number of nitrogens with one attached hydrogen (secondary N) is 1. The molecule has 0 bridgehead atoms. The van der Waals surface area contributed by atoms with Crippen molar-refractivity contribution in [3.05, 3.63) is 12.0 Å². The third-order valence-electron chi connectivity index (χ3n) is 2.35. The smallest absolute Gasteiger partial charge is 0.224 e. The van der Waals surface area contributed by atoms with Crippen LogP contribution in [0.15, 0.2) is 6.20 Å². The predicted octanol–water partition coefficient (Wildman–Crippen LogP) is 2.67. The van der Waals surface area contributed by atoms with Crippen molar-refractivity contribution >= 4 is 11.8 Å². The molecule has 1 aromatic heterocycles. The van der Waals surface area contributed by atoms with Crippen molar-refractivity contribution in [3.63, 3.8) is 0 Å². The summed E-state index contributed by atoms with van der Waals surface area (Å²) in [7, 11) is 0. The van der Waals surface area contributed by atoms with Gasteiger partial charge < -0.3 is 10.2 Å². The normalized spacial score (nSPS) is 10.4. The summed E-state index contributed by atoms with van der Waals surface area (Å²) in [5.74, 6) is 0.536. The van der Waals surface area contributed by atoms with Crippen LogP contribution in [0.2, 0.25) is 0 Å². The summed E-state index contributed by atoms with van der Waals surface area (Å²) in [6.45, 7) is 8.47. The first-order valence-corrected chi connectivity index (χ1v) is 6.24. The minimum Gasteiger partial charge on any atom is -0.354 e. The quantitative estimate of drug-likeness (QED) is 0.795. The number of anilines is 2. The van der Waals surface area contributed by atoms with Crippen LogP contribution in [0.3, 0.4) is 0 Å². The van der Waals surface area contributed by atoms with E-state index in [4.69, 9.17) is 0 Å². The average molecular weight is 240 g/mol. The van der Waals surface area contributed by atoms with E-state index in [0.29, 0.717) is 11.8 Å². The molecule has 0 atom stereocenters. The van der Waals surface area contributed by atoms with Gasteiger partial charge in [-0.15, -0.1) is 0 Å². The second kappa shape index (κ2) is 7.04. The van der Waals surface area contributed by atoms with Crippen molar-refractivity contribution in [2.75, 3.05) is 29.9 Å². The number of hydrogen-bond donors (Lipinski definition) is 1. The third-order valence-corrected chi connectivity index (χ3v) is 2.35. The first-order chi connectivity index (χ1) is 8.22. The van der Waals surface area contributed by atoms with E-state index >= 15 is 0 Å². The Morgan fingerprint density at radius 1 is 1.24 bits per heavy atom. The highest BCUT2D eigenvalue weighted by atomic mass is 19.1. The van der Waals surface area contributed by atoms with Gasteiger partial charge in [0, 0.05) is 19.6 Å². The monoisotopic (exact) mass is 240 g/mol. The lowest BCUT2D eigenvalue weighted by Gasteiger charge is -2.23. The molecule has 96 valence electrons. The summed E-state index contributed by atoms with van der Waals surface area (Å²) < 4.78 is 13.7. The van der Waals surface area contributed by atoms with E-state index < -0.39 is 0 Å². The zero-order valence-electron chi connectivity index (χ0n) is 10.8. The van der Waals surface area contributed by atoms with Gasteiger partial charge in [0.1, 0.15) is 0 Å². The van der Waals surface area contributed by atoms with Gasteiger partial charge in [0.15, 0.2) is 11.6 Å². The molecule has 1 aromatic rings. The summed E-state index contributed by atoms with van der Waals surface area (Å²) >= 11 is 0. The van der Waals surface area contributed by atoms with Crippen molar-refractivity contribution in [1.29, 1.82) is 0 Å². The molecule has 1 heterocycles. The van der Waals surface area contributed by atoms with Crippen LogP contribution in [0.1, 0.15) is 33.6 Å². The maximum Gasteiger partial charge on any atom is 0.224 e. The number of aromatic nitrogens is 2. The molecule has 1 N–H and O–H groups in total. The highest BCUT2D eigenvalue weighted by Crippen LogP contribution is 2.17. The van der Waals surface area contributed by atoms with E-state index in [0.717, 1.165) is 32.5 Å². The van der Waals surface area contributed by atoms with E-state index in [1.165, 1.54) is 6.20 Å². The highest BCUT2D eigenvalue weighted by Gasteiger charge is 2.13. The Bertz CT molecular complexity index is 337. The van der Waals surface area contributed by atoms with E-state index in [-0.39, 0.29) is 5.82 Å². The molecule has 0 aliphatic rings. The molecular formula is C12H21FN4. The van der Waals surface area contributed by atoms with Crippen molar-refractivity contribution in [2.45, 2.75) is 33.6 Å². The lowest BCUT2D eigenvalue weighted by atomic mass is 10.3. The molecule has 1 rings (SSSR count). The minimum absolute atomic E-state index is 0.353. The van der Waals surface area contributed by atoms with Crippen LogP contribution < -0.4 is 10.2 Å². The minimum atomic E-state index is -0.353. The first kappa shape index (κ1) is 13.7. The number of halogens is 1. The summed E-state index contributed by atoms with van der Waals surface area (Å²) in [5, 5.41) is 3.00. The molecule has 0 amide bonds. The topological polar surface area (TPSA) is 41.1 Å². The Hall–Kier alpha value is -1.39. The second-order valence-corrected chi connectivity index (χ2v) is 3.88. The van der Waals surface area contributed by atoms with Gasteiger partial charge in [-0.2, -0.15) is 4.98 Å². The molecule has 4 nitrogen and oxygen atoms in total. The van der Waals surface area contributed by atoms with Gasteiger partial charge in [0.2, 0.25) is 5.95 Å². The van der Waals surface area contributed by atoms with Crippen LogP contribution in [-0.2, 0) is 0 Å². The predicted molar refractivity (Wildman–Crippen MR) is 68.9 cm³/mol. The van der Waals surface area contributed by atoms with E-state index in [1.807, 2.05) is 11.8 Å². The molecule has 0 saturated carbocycles. The fraction of sp³-hybridized carbons (Fsp3) is 0.667. The first-order valence-electron chi connectivity index (χ1n) is 6.24. The molecule has 0 fully saturated rings. The van der Waals surface area contributed by atoms with Gasteiger partial charge >= 0.3 is 0 Å². The molecule has 0 unspecified atom stereocenters. The third kappa shape index (κ3) is 3.84. The maximum atomic E-state index is 13.7. The van der Waals surface area contributed by atoms with Gasteiger partial charge in [-0.05, 0) is 19.8 Å². The number of nitrogens with zero attached hydrogens (tertiary/aromatic N) is 3. The van der Waals surface area contributed by atoms with Crippen LogP contribution in [-0.4, -0.2) is 29.6 Å². The Balaban J connectivity index is 2.94. The average Bonchev–Trinajstić information content (AvgIpc) is 2.32. The summed E-state index contributed by atoms with van der Waals surface area (Å²) in [4.78, 5) is 10.1. The molecular weight excluding hydrogens is 219 g/mol. The second-order valence-electron chi connectivity index (χ2n) is 3.88. The Morgan fingerprint density at radius 2 is 1.88 bits per heavy atom. The van der Waals surface area contributed by atoms with E-state index in [1.54, 1.807) is 0 Å². The largest absolute Gasteiger partial charge is 0.354 e. The van der Waals surface area contributed by atoms with Crippen LogP contribution in [0, 0.1) is 5.82 Å². The lowest BCUT2D eigenvalue weighted by Crippen LogP contribution is -2.27. The fourth-order valence-corrected chi connectivity index (χ4v) is 1.69. The molecule has 0 aliphatic heterocycles. The van der Waals surface area contributed by atoms with Crippen molar-refractivity contribution < 1.29 is 4.39 Å². The lowest BCUT2D eigenvalue weighted by molar-refractivity contribution is 0.598. The summed E-state index contributed by atoms with van der Waals surface area (Å²) in [6.07, 6.45) is 3.18. The Morgan fingerprint density at radius 3 is 2.41 bits per heavy atom. The number of rotatable bonds is 7. The van der Waals surface area contributed by atoms with Gasteiger partial charge in [-0.1, -0.05) is 13.8 Å². The standard InChI is InChI=1S/C12H21FN4/c1-4-7-17(8-5-2)11-10(13)9-15-12(16-11)14-6-3/h9H,4-8H2,1-3H3,(H,14,15,16). The van der Waals surface area contributed by atoms with Crippen molar-refractivity contribution in [2.24, 2.45) is 0 Å². The van der Waals surface area contributed by atoms with E-state index in [2.05, 4.69) is 29.1 Å². The SMILES string of the molecule is CCCN(CCC)c1nc(NCC)ncc1F. The van der Waals surface area contributed by atoms with Crippen LogP contribution in [0.25, 0.3) is 0 Å². The van der Waals surface area contributed by atoms with Gasteiger partial charge in [0.05, 0.1) is 6.20 Å². The van der Waals surface area contributed by atoms with Crippen LogP contribution >= 0.6 is 0 Å². The number of hydrogen-bond acceptors (Lipinski definition) is 4. The maximum absolute atomic E-state index is 13.7. The summed E-state index contributed by atoms with van der Waals surface area (Å²) in [6, 6.07) is 0. The van der Waals surface area contributed by atoms with Crippen molar-refractivity contribution in [3.8, 4) is 0 Å². The molecule has 0 radical (unpaired) electrons.